The molecule has 0 saturated heterocycles. The number of aryl methyl sites for hydroxylation is 2. The minimum Gasteiger partial charge on any atom is -0.367 e. The second kappa shape index (κ2) is 9.01. The highest BCUT2D eigenvalue weighted by molar-refractivity contribution is 9.08. The molecule has 0 N–H and O–H groups in total. The average Bonchev–Trinajstić information content (AvgIpc) is 2.79. The van der Waals surface area contributed by atoms with Gasteiger partial charge in [0, 0.05) is 29.7 Å². The number of hydrogen-bond acceptors (Lipinski definition) is 3. The van der Waals surface area contributed by atoms with Gasteiger partial charge in [-0.1, -0.05) is 76.1 Å². The third-order valence-electron chi connectivity index (χ3n) is 5.71. The molecule has 1 aliphatic heterocycles. The Morgan fingerprint density at radius 3 is 2.39 bits per heavy atom. The first-order valence-corrected chi connectivity index (χ1v) is 13.0. The van der Waals surface area contributed by atoms with E-state index in [0.717, 1.165) is 53.0 Å². The van der Waals surface area contributed by atoms with Crippen molar-refractivity contribution in [2.24, 2.45) is 0 Å². The quantitative estimate of drug-likeness (QED) is 0.300. The topological polar surface area (TPSA) is 37.4 Å². The zero-order valence-electron chi connectivity index (χ0n) is 17.8. The average molecular weight is 496 g/mol. The molecule has 0 fully saturated rings. The van der Waals surface area contributed by atoms with Crippen LogP contribution in [0.3, 0.4) is 0 Å². The van der Waals surface area contributed by atoms with Crippen LogP contribution in [0.25, 0.3) is 11.1 Å². The Balaban J connectivity index is 2.06. The number of nitrogens with zero attached hydrogens (tertiary/aromatic N) is 1. The lowest BCUT2D eigenvalue weighted by atomic mass is 9.94. The molecule has 0 unspecified atom stereocenters. The van der Waals surface area contributed by atoms with Crippen LogP contribution < -0.4 is 4.90 Å². The number of rotatable bonds is 5. The van der Waals surface area contributed by atoms with Gasteiger partial charge in [-0.05, 0) is 55.2 Å². The second-order valence-electron chi connectivity index (χ2n) is 7.92. The number of halogens is 1. The fourth-order valence-corrected chi connectivity index (χ4v) is 6.47. The van der Waals surface area contributed by atoms with Crippen LogP contribution in [0.1, 0.15) is 23.1 Å². The monoisotopic (exact) mass is 495 g/mol. The summed E-state index contributed by atoms with van der Waals surface area (Å²) < 4.78 is 27.6. The van der Waals surface area contributed by atoms with Crippen molar-refractivity contribution in [2.45, 2.75) is 35.4 Å². The molecule has 4 rings (SSSR count). The molecule has 1 aliphatic rings. The van der Waals surface area contributed by atoms with E-state index in [0.29, 0.717) is 15.1 Å². The number of hydrogen-bond donors (Lipinski definition) is 0. The Morgan fingerprint density at radius 2 is 1.74 bits per heavy atom. The van der Waals surface area contributed by atoms with E-state index in [2.05, 4.69) is 39.0 Å². The van der Waals surface area contributed by atoms with E-state index < -0.39 is 9.84 Å². The molecule has 0 bridgehead atoms. The maximum Gasteiger partial charge on any atom is 0.207 e. The molecular formula is C26H26BrNO2S. The molecule has 0 saturated carbocycles. The molecule has 0 amide bonds. The predicted molar refractivity (Wildman–Crippen MR) is 132 cm³/mol. The molecule has 3 aromatic carbocycles. The van der Waals surface area contributed by atoms with Crippen molar-refractivity contribution in [2.75, 3.05) is 18.0 Å². The summed E-state index contributed by atoms with van der Waals surface area (Å²) in [6, 6.07) is 18.7. The molecule has 0 spiro atoms. The Labute approximate surface area is 193 Å². The van der Waals surface area contributed by atoms with Gasteiger partial charge in [0.05, 0.1) is 9.79 Å². The lowest BCUT2D eigenvalue weighted by molar-refractivity contribution is 0.596. The molecule has 0 aromatic heterocycles. The molecule has 0 radical (unpaired) electrons. The fraction of sp³-hybridized carbons (Fsp3) is 0.231. The van der Waals surface area contributed by atoms with E-state index in [1.165, 1.54) is 0 Å². The highest BCUT2D eigenvalue weighted by Crippen LogP contribution is 2.42. The van der Waals surface area contributed by atoms with Gasteiger partial charge in [0.2, 0.25) is 9.84 Å². The Hall–Kier alpha value is -2.37. The third kappa shape index (κ3) is 4.21. The fourth-order valence-electron chi connectivity index (χ4n) is 4.31. The largest absolute Gasteiger partial charge is 0.367 e. The summed E-state index contributed by atoms with van der Waals surface area (Å²) in [6.45, 7) is 5.81. The van der Waals surface area contributed by atoms with Crippen molar-refractivity contribution < 1.29 is 8.42 Å². The molecule has 1 heterocycles. The van der Waals surface area contributed by atoms with Crippen molar-refractivity contribution in [1.29, 1.82) is 0 Å². The van der Waals surface area contributed by atoms with Gasteiger partial charge >= 0.3 is 0 Å². The smallest absolute Gasteiger partial charge is 0.207 e. The summed E-state index contributed by atoms with van der Waals surface area (Å²) in [4.78, 5) is 3.04. The molecular weight excluding hydrogens is 470 g/mol. The van der Waals surface area contributed by atoms with Crippen LogP contribution in [0.5, 0.6) is 0 Å². The number of anilines is 1. The first kappa shape index (κ1) is 21.8. The van der Waals surface area contributed by atoms with Crippen molar-refractivity contribution in [3.63, 3.8) is 0 Å². The van der Waals surface area contributed by atoms with E-state index in [1.807, 2.05) is 44.2 Å². The van der Waals surface area contributed by atoms with Crippen LogP contribution in [-0.2, 0) is 15.2 Å². The normalized spacial score (nSPS) is 14.1. The lowest BCUT2D eigenvalue weighted by Crippen LogP contribution is -2.29. The van der Waals surface area contributed by atoms with Gasteiger partial charge in [0.1, 0.15) is 0 Å². The van der Waals surface area contributed by atoms with Gasteiger partial charge in [-0.3, -0.25) is 0 Å². The maximum atomic E-state index is 13.8. The van der Waals surface area contributed by atoms with Gasteiger partial charge in [0.15, 0.2) is 0 Å². The highest BCUT2D eigenvalue weighted by Gasteiger charge is 2.28. The van der Waals surface area contributed by atoms with Crippen LogP contribution in [0, 0.1) is 13.8 Å². The zero-order valence-corrected chi connectivity index (χ0v) is 20.2. The van der Waals surface area contributed by atoms with Crippen molar-refractivity contribution in [3.8, 4) is 11.1 Å². The number of sulfone groups is 1. The Bertz CT molecular complexity index is 1230. The third-order valence-corrected chi connectivity index (χ3v) is 8.07. The maximum absolute atomic E-state index is 13.8. The van der Waals surface area contributed by atoms with E-state index in [4.69, 9.17) is 0 Å². The van der Waals surface area contributed by atoms with Crippen molar-refractivity contribution in [3.05, 3.63) is 89.5 Å². The molecule has 31 heavy (non-hydrogen) atoms. The highest BCUT2D eigenvalue weighted by atomic mass is 79.9. The standard InChI is InChI=1S/C26H26BrNO2S/c1-19-10-9-11-21(16-19)25-23(18-27)26(28-14-7-4-8-15-28)20(2)17-24(25)31(29,30)22-12-5-3-6-13-22/h3-7,9-13,16-17H,8,14-15,18H2,1-2H3. The minimum atomic E-state index is -3.69. The first-order valence-electron chi connectivity index (χ1n) is 10.4. The van der Waals surface area contributed by atoms with Crippen molar-refractivity contribution in [1.82, 2.24) is 0 Å². The summed E-state index contributed by atoms with van der Waals surface area (Å²) in [7, 11) is -3.69. The second-order valence-corrected chi connectivity index (χ2v) is 10.4. The first-order chi connectivity index (χ1) is 14.9. The molecule has 0 aliphatic carbocycles. The SMILES string of the molecule is Cc1cccc(-c2c(S(=O)(=O)c3ccccc3)cc(C)c(N3CC=CCC3)c2CBr)c1. The van der Waals surface area contributed by atoms with Gasteiger partial charge in [-0.2, -0.15) is 0 Å². The number of alkyl halides is 1. The summed E-state index contributed by atoms with van der Waals surface area (Å²) in [5, 5.41) is 0.574. The van der Waals surface area contributed by atoms with Crippen LogP contribution >= 0.6 is 15.9 Å². The van der Waals surface area contributed by atoms with Gasteiger partial charge < -0.3 is 4.90 Å². The summed E-state index contributed by atoms with van der Waals surface area (Å²) in [5.74, 6) is 0. The molecule has 5 heteroatoms. The Kier molecular flexibility index (Phi) is 6.35. The summed E-state index contributed by atoms with van der Waals surface area (Å²) >= 11 is 3.69. The van der Waals surface area contributed by atoms with E-state index in [1.54, 1.807) is 24.3 Å². The van der Waals surface area contributed by atoms with Crippen molar-refractivity contribution >= 4 is 31.5 Å². The van der Waals surface area contributed by atoms with E-state index >= 15 is 0 Å². The molecule has 160 valence electrons. The van der Waals surface area contributed by atoms with E-state index in [9.17, 15) is 8.42 Å². The number of benzene rings is 3. The summed E-state index contributed by atoms with van der Waals surface area (Å²) in [6.07, 6.45) is 5.38. The van der Waals surface area contributed by atoms with Gasteiger partial charge in [-0.15, -0.1) is 0 Å². The van der Waals surface area contributed by atoms with Crippen LogP contribution in [-0.4, -0.2) is 21.5 Å². The minimum absolute atomic E-state index is 0.317. The van der Waals surface area contributed by atoms with Gasteiger partial charge in [-0.25, -0.2) is 8.42 Å². The molecule has 3 nitrogen and oxygen atoms in total. The summed E-state index contributed by atoms with van der Waals surface area (Å²) in [5.41, 5.74) is 5.96. The Morgan fingerprint density at radius 1 is 0.968 bits per heavy atom. The van der Waals surface area contributed by atoms with Crippen LogP contribution in [0.2, 0.25) is 0 Å². The predicted octanol–water partition coefficient (Wildman–Crippen LogP) is 6.46. The van der Waals surface area contributed by atoms with Crippen LogP contribution in [0.4, 0.5) is 5.69 Å². The van der Waals surface area contributed by atoms with Crippen LogP contribution in [0.15, 0.2) is 82.6 Å². The molecule has 3 aromatic rings. The molecule has 0 atom stereocenters. The zero-order chi connectivity index (χ0) is 22.0. The lowest BCUT2D eigenvalue weighted by Gasteiger charge is -2.31. The van der Waals surface area contributed by atoms with E-state index in [-0.39, 0.29) is 0 Å². The van der Waals surface area contributed by atoms with Gasteiger partial charge in [0.25, 0.3) is 0 Å².